The fourth-order valence-electron chi connectivity index (χ4n) is 2.38. The molecule has 3 N–H and O–H groups in total. The molecule has 140 valence electrons. The maximum Gasteiger partial charge on any atom is 0.416 e. The van der Waals surface area contributed by atoms with Crippen LogP contribution in [0.5, 0.6) is 0 Å². The summed E-state index contributed by atoms with van der Waals surface area (Å²) in [6.07, 6.45) is -3.82. The van der Waals surface area contributed by atoms with Crippen LogP contribution in [0.4, 0.5) is 30.6 Å². The first kappa shape index (κ1) is 18.7. The van der Waals surface area contributed by atoms with Gasteiger partial charge in [-0.3, -0.25) is 0 Å². The molecular weight excluding hydrogens is 357 g/mol. The van der Waals surface area contributed by atoms with E-state index in [4.69, 9.17) is 0 Å². The maximum absolute atomic E-state index is 12.6. The largest absolute Gasteiger partial charge is 0.416 e. The number of aliphatic hydroxyl groups is 1. The van der Waals surface area contributed by atoms with Crippen molar-refractivity contribution in [2.45, 2.75) is 12.3 Å². The Bertz CT molecular complexity index is 870. The molecule has 0 fully saturated rings. The predicted molar refractivity (Wildman–Crippen MR) is 96.7 cm³/mol. The Morgan fingerprint density at radius 1 is 0.963 bits per heavy atom. The van der Waals surface area contributed by atoms with Gasteiger partial charge >= 0.3 is 6.18 Å². The molecule has 5 nitrogen and oxygen atoms in total. The molecule has 3 aromatic rings. The van der Waals surface area contributed by atoms with Crippen molar-refractivity contribution in [3.05, 3.63) is 78.0 Å². The summed E-state index contributed by atoms with van der Waals surface area (Å²) in [5.41, 5.74) is 0.463. The van der Waals surface area contributed by atoms with Gasteiger partial charge < -0.3 is 15.7 Å². The third-order valence-electron chi connectivity index (χ3n) is 3.78. The molecule has 0 aliphatic heterocycles. The van der Waals surface area contributed by atoms with Crippen LogP contribution < -0.4 is 10.6 Å². The maximum atomic E-state index is 12.6. The number of halogens is 3. The zero-order valence-electron chi connectivity index (χ0n) is 14.1. The van der Waals surface area contributed by atoms with Gasteiger partial charge in [-0.15, -0.1) is 0 Å². The predicted octanol–water partition coefficient (Wildman–Crippen LogP) is 4.38. The van der Waals surface area contributed by atoms with Crippen LogP contribution in [-0.4, -0.2) is 21.6 Å². The first-order chi connectivity index (χ1) is 12.9. The van der Waals surface area contributed by atoms with Gasteiger partial charge in [-0.2, -0.15) is 18.2 Å². The summed E-state index contributed by atoms with van der Waals surface area (Å²) < 4.78 is 37.8. The van der Waals surface area contributed by atoms with Gasteiger partial charge in [0, 0.05) is 18.4 Å². The second-order valence-corrected chi connectivity index (χ2v) is 5.77. The minimum atomic E-state index is -4.40. The van der Waals surface area contributed by atoms with Gasteiger partial charge in [0.15, 0.2) is 0 Å². The van der Waals surface area contributed by atoms with E-state index in [2.05, 4.69) is 20.6 Å². The molecule has 0 aliphatic carbocycles. The molecular formula is C19H17F3N4O. The van der Waals surface area contributed by atoms with Gasteiger partial charge in [0.1, 0.15) is 5.82 Å². The number of alkyl halides is 3. The number of para-hydroxylation sites is 1. The summed E-state index contributed by atoms with van der Waals surface area (Å²) >= 11 is 0. The highest BCUT2D eigenvalue weighted by Gasteiger charge is 2.30. The molecule has 0 saturated heterocycles. The fourth-order valence-corrected chi connectivity index (χ4v) is 2.38. The molecule has 0 spiro atoms. The average molecular weight is 374 g/mol. The van der Waals surface area contributed by atoms with Crippen LogP contribution >= 0.6 is 0 Å². The number of rotatable bonds is 6. The Hall–Kier alpha value is -3.13. The van der Waals surface area contributed by atoms with Crippen molar-refractivity contribution in [3.63, 3.8) is 0 Å². The van der Waals surface area contributed by atoms with Crippen LogP contribution in [0, 0.1) is 0 Å². The van der Waals surface area contributed by atoms with Crippen LogP contribution in [-0.2, 0) is 6.18 Å². The number of hydrogen-bond donors (Lipinski definition) is 3. The van der Waals surface area contributed by atoms with Crippen LogP contribution in [0.15, 0.2) is 66.9 Å². The van der Waals surface area contributed by atoms with Gasteiger partial charge in [0.05, 0.1) is 11.7 Å². The molecule has 8 heteroatoms. The molecule has 1 aromatic heterocycles. The first-order valence-electron chi connectivity index (χ1n) is 8.16. The van der Waals surface area contributed by atoms with E-state index in [0.29, 0.717) is 17.3 Å². The third-order valence-corrected chi connectivity index (χ3v) is 3.78. The Kier molecular flexibility index (Phi) is 5.56. The van der Waals surface area contributed by atoms with Crippen molar-refractivity contribution < 1.29 is 18.3 Å². The monoisotopic (exact) mass is 374 g/mol. The Labute approximate surface area is 153 Å². The summed E-state index contributed by atoms with van der Waals surface area (Å²) in [7, 11) is 0. The lowest BCUT2D eigenvalue weighted by molar-refractivity contribution is -0.137. The molecule has 27 heavy (non-hydrogen) atoms. The number of anilines is 3. The molecule has 0 radical (unpaired) electrons. The van der Waals surface area contributed by atoms with Gasteiger partial charge in [-0.25, -0.2) is 4.98 Å². The van der Waals surface area contributed by atoms with Crippen molar-refractivity contribution in [2.24, 2.45) is 0 Å². The van der Waals surface area contributed by atoms with E-state index >= 15 is 0 Å². The molecule has 1 unspecified atom stereocenters. The van der Waals surface area contributed by atoms with Gasteiger partial charge in [0.2, 0.25) is 5.95 Å². The van der Waals surface area contributed by atoms with E-state index < -0.39 is 17.8 Å². The topological polar surface area (TPSA) is 70.1 Å². The Balaban J connectivity index is 1.60. The van der Waals surface area contributed by atoms with Crippen molar-refractivity contribution in [3.8, 4) is 0 Å². The van der Waals surface area contributed by atoms with Crippen molar-refractivity contribution >= 4 is 17.5 Å². The minimum Gasteiger partial charge on any atom is -0.387 e. The lowest BCUT2D eigenvalue weighted by atomic mass is 10.1. The molecule has 2 aromatic carbocycles. The number of aliphatic hydroxyl groups excluding tert-OH is 1. The van der Waals surface area contributed by atoms with Crippen molar-refractivity contribution in [1.82, 2.24) is 9.97 Å². The number of hydrogen-bond acceptors (Lipinski definition) is 5. The van der Waals surface area contributed by atoms with Crippen LogP contribution in [0.1, 0.15) is 17.2 Å². The van der Waals surface area contributed by atoms with Crippen molar-refractivity contribution in [1.29, 1.82) is 0 Å². The third kappa shape index (κ3) is 5.18. The first-order valence-corrected chi connectivity index (χ1v) is 8.16. The van der Waals surface area contributed by atoms with E-state index in [9.17, 15) is 18.3 Å². The summed E-state index contributed by atoms with van der Waals surface area (Å²) in [6, 6.07) is 15.5. The molecule has 0 bridgehead atoms. The Morgan fingerprint density at radius 3 is 2.33 bits per heavy atom. The van der Waals surface area contributed by atoms with Crippen LogP contribution in [0.3, 0.4) is 0 Å². The lowest BCUT2D eigenvalue weighted by Crippen LogP contribution is -2.14. The lowest BCUT2D eigenvalue weighted by Gasteiger charge is -2.14. The summed E-state index contributed by atoms with van der Waals surface area (Å²) in [5.74, 6) is 0.865. The highest BCUT2D eigenvalue weighted by atomic mass is 19.4. The zero-order valence-corrected chi connectivity index (χ0v) is 14.1. The van der Waals surface area contributed by atoms with E-state index in [0.717, 1.165) is 17.8 Å². The SMILES string of the molecule is OC(CNc1ccnc(Nc2ccccc2)n1)c1ccc(C(F)(F)F)cc1. The second kappa shape index (κ2) is 8.05. The summed E-state index contributed by atoms with van der Waals surface area (Å²) in [6.45, 7) is 0.0904. The van der Waals surface area contributed by atoms with Crippen LogP contribution in [0.25, 0.3) is 0 Å². The van der Waals surface area contributed by atoms with Crippen molar-refractivity contribution in [2.75, 3.05) is 17.2 Å². The van der Waals surface area contributed by atoms with Gasteiger partial charge in [-0.1, -0.05) is 30.3 Å². The smallest absolute Gasteiger partial charge is 0.387 e. The molecule has 3 rings (SSSR count). The molecule has 0 aliphatic rings. The quantitative estimate of drug-likeness (QED) is 0.597. The zero-order chi connectivity index (χ0) is 19.3. The number of nitrogens with one attached hydrogen (secondary N) is 2. The number of aromatic nitrogens is 2. The summed E-state index contributed by atoms with van der Waals surface area (Å²) in [5, 5.41) is 16.2. The average Bonchev–Trinajstić information content (AvgIpc) is 2.67. The second-order valence-electron chi connectivity index (χ2n) is 5.77. The molecule has 1 heterocycles. The molecule has 0 saturated carbocycles. The van der Waals surface area contributed by atoms with E-state index in [-0.39, 0.29) is 6.54 Å². The normalized spacial score (nSPS) is 12.4. The molecule has 0 amide bonds. The minimum absolute atomic E-state index is 0.0904. The highest BCUT2D eigenvalue weighted by Crippen LogP contribution is 2.30. The molecule has 1 atom stereocenters. The van der Waals surface area contributed by atoms with E-state index in [1.54, 1.807) is 12.3 Å². The van der Waals surface area contributed by atoms with Crippen LogP contribution in [0.2, 0.25) is 0 Å². The van der Waals surface area contributed by atoms with Gasteiger partial charge in [0.25, 0.3) is 0 Å². The standard InChI is InChI=1S/C19H17F3N4O/c20-19(21,22)14-8-6-13(7-9-14)16(27)12-24-17-10-11-23-18(26-17)25-15-4-2-1-3-5-15/h1-11,16,27H,12H2,(H2,23,24,25,26). The Morgan fingerprint density at radius 2 is 1.67 bits per heavy atom. The van der Waals surface area contributed by atoms with Gasteiger partial charge in [-0.05, 0) is 35.9 Å². The highest BCUT2D eigenvalue weighted by molar-refractivity contribution is 5.54. The number of nitrogens with zero attached hydrogens (tertiary/aromatic N) is 2. The summed E-state index contributed by atoms with van der Waals surface area (Å²) in [4.78, 5) is 8.41. The fraction of sp³-hybridized carbons (Fsp3) is 0.158. The van der Waals surface area contributed by atoms with E-state index in [1.807, 2.05) is 30.3 Å². The number of benzene rings is 2. The van der Waals surface area contributed by atoms with E-state index in [1.165, 1.54) is 12.1 Å².